The van der Waals surface area contributed by atoms with Crippen LogP contribution in [-0.4, -0.2) is 54.7 Å². The van der Waals surface area contributed by atoms with E-state index >= 15 is 0 Å². The van der Waals surface area contributed by atoms with Crippen LogP contribution in [0.2, 0.25) is 0 Å². The number of hydrogen-bond acceptors (Lipinski definition) is 6. The molecule has 1 aromatic heterocycles. The summed E-state index contributed by atoms with van der Waals surface area (Å²) in [5, 5.41) is 0. The third-order valence-electron chi connectivity index (χ3n) is 3.84. The van der Waals surface area contributed by atoms with Gasteiger partial charge in [0.2, 0.25) is 0 Å². The van der Waals surface area contributed by atoms with E-state index in [0.29, 0.717) is 12.4 Å². The molecule has 21 heavy (non-hydrogen) atoms. The third-order valence-corrected chi connectivity index (χ3v) is 3.84. The first-order valence-electron chi connectivity index (χ1n) is 7.52. The Kier molecular flexibility index (Phi) is 5.38. The van der Waals surface area contributed by atoms with Crippen molar-refractivity contribution in [1.82, 2.24) is 9.88 Å². The number of esters is 1. The molecule has 6 heteroatoms. The van der Waals surface area contributed by atoms with Gasteiger partial charge < -0.3 is 15.4 Å². The number of carbonyl (C=O) groups is 1. The fourth-order valence-electron chi connectivity index (χ4n) is 2.69. The maximum Gasteiger partial charge on any atom is 0.323 e. The lowest BCUT2D eigenvalue weighted by atomic mass is 10.1. The quantitative estimate of drug-likeness (QED) is 0.820. The van der Waals surface area contributed by atoms with E-state index < -0.39 is 0 Å². The number of pyridine rings is 1. The molecule has 0 saturated carbocycles. The van der Waals surface area contributed by atoms with Crippen LogP contribution in [0.5, 0.6) is 0 Å². The summed E-state index contributed by atoms with van der Waals surface area (Å²) >= 11 is 0. The van der Waals surface area contributed by atoms with Crippen LogP contribution in [0.4, 0.5) is 11.5 Å². The van der Waals surface area contributed by atoms with Crippen molar-refractivity contribution in [2.45, 2.75) is 26.3 Å². The second kappa shape index (κ2) is 7.26. The summed E-state index contributed by atoms with van der Waals surface area (Å²) < 4.78 is 5.15. The molecule has 6 nitrogen and oxygen atoms in total. The van der Waals surface area contributed by atoms with Crippen molar-refractivity contribution in [3.8, 4) is 0 Å². The monoisotopic (exact) mass is 292 g/mol. The summed E-state index contributed by atoms with van der Waals surface area (Å²) in [6, 6.07) is 3.67. The Morgan fingerprint density at radius 1 is 1.33 bits per heavy atom. The van der Waals surface area contributed by atoms with Gasteiger partial charge in [-0.2, -0.15) is 0 Å². The predicted molar refractivity (Wildman–Crippen MR) is 83.1 cm³/mol. The number of nitrogens with zero attached hydrogens (tertiary/aromatic N) is 3. The van der Waals surface area contributed by atoms with Gasteiger partial charge in [0.15, 0.2) is 0 Å². The minimum Gasteiger partial charge on any atom is -0.465 e. The number of piperazine rings is 1. The van der Waals surface area contributed by atoms with Crippen molar-refractivity contribution in [3.05, 3.63) is 18.3 Å². The molecule has 2 rings (SSSR count). The Hall–Kier alpha value is -1.82. The molecule has 1 aromatic rings. The zero-order chi connectivity index (χ0) is 15.2. The normalized spacial score (nSPS) is 17.5. The van der Waals surface area contributed by atoms with Gasteiger partial charge in [-0.25, -0.2) is 4.98 Å². The highest BCUT2D eigenvalue weighted by Gasteiger charge is 2.28. The first-order valence-corrected chi connectivity index (χ1v) is 7.52. The van der Waals surface area contributed by atoms with Crippen LogP contribution < -0.4 is 10.6 Å². The molecule has 0 aliphatic carbocycles. The molecule has 1 aliphatic heterocycles. The number of nitrogen functional groups attached to an aromatic ring is 1. The molecular weight excluding hydrogens is 268 g/mol. The summed E-state index contributed by atoms with van der Waals surface area (Å²) in [4.78, 5) is 20.6. The highest BCUT2D eigenvalue weighted by Crippen LogP contribution is 2.18. The van der Waals surface area contributed by atoms with Gasteiger partial charge in [-0.3, -0.25) is 9.69 Å². The summed E-state index contributed by atoms with van der Waals surface area (Å²) in [5.74, 6) is 0.424. The number of ether oxygens (including phenoxy) is 1. The van der Waals surface area contributed by atoms with Gasteiger partial charge in [0.25, 0.3) is 0 Å². The molecule has 0 amide bonds. The molecule has 2 heterocycles. The Morgan fingerprint density at radius 3 is 2.57 bits per heavy atom. The number of carbonyl (C=O) groups excluding carboxylic acids is 1. The summed E-state index contributed by atoms with van der Waals surface area (Å²) in [5.41, 5.74) is 6.69. The van der Waals surface area contributed by atoms with Gasteiger partial charge in [0.05, 0.1) is 18.5 Å². The van der Waals surface area contributed by atoms with E-state index in [0.717, 1.165) is 38.3 Å². The molecule has 1 unspecified atom stereocenters. The van der Waals surface area contributed by atoms with Crippen LogP contribution in [0.1, 0.15) is 20.3 Å². The van der Waals surface area contributed by atoms with E-state index in [1.54, 1.807) is 6.20 Å². The zero-order valence-electron chi connectivity index (χ0n) is 12.8. The van der Waals surface area contributed by atoms with Crippen LogP contribution in [0, 0.1) is 0 Å². The lowest BCUT2D eigenvalue weighted by Gasteiger charge is -2.38. The molecule has 0 bridgehead atoms. The van der Waals surface area contributed by atoms with E-state index in [9.17, 15) is 4.79 Å². The first-order chi connectivity index (χ1) is 10.2. The van der Waals surface area contributed by atoms with Crippen molar-refractivity contribution in [2.24, 2.45) is 0 Å². The lowest BCUT2D eigenvalue weighted by molar-refractivity contribution is -0.149. The molecule has 1 fully saturated rings. The van der Waals surface area contributed by atoms with Crippen LogP contribution >= 0.6 is 0 Å². The molecule has 2 N–H and O–H groups in total. The molecule has 0 aromatic carbocycles. The Bertz CT molecular complexity index is 455. The highest BCUT2D eigenvalue weighted by atomic mass is 16.5. The fourth-order valence-corrected chi connectivity index (χ4v) is 2.69. The number of anilines is 2. The SMILES string of the molecule is CCOC(=O)C(CC)N1CCN(c2ccc(N)nc2)CC1. The van der Waals surface area contributed by atoms with E-state index in [1.807, 2.05) is 26.0 Å². The third kappa shape index (κ3) is 3.85. The lowest BCUT2D eigenvalue weighted by Crippen LogP contribution is -2.53. The van der Waals surface area contributed by atoms with Gasteiger partial charge in [-0.15, -0.1) is 0 Å². The van der Waals surface area contributed by atoms with Gasteiger partial charge >= 0.3 is 5.97 Å². The average Bonchev–Trinajstić information content (AvgIpc) is 2.50. The minimum absolute atomic E-state index is 0.109. The van der Waals surface area contributed by atoms with Gasteiger partial charge in [-0.1, -0.05) is 6.92 Å². The number of rotatable bonds is 5. The number of hydrogen-bond donors (Lipinski definition) is 1. The maximum atomic E-state index is 12.0. The van der Waals surface area contributed by atoms with Crippen molar-refractivity contribution in [2.75, 3.05) is 43.4 Å². The summed E-state index contributed by atoms with van der Waals surface area (Å²) in [6.45, 7) is 7.76. The van der Waals surface area contributed by atoms with Crippen LogP contribution in [0.15, 0.2) is 18.3 Å². The topological polar surface area (TPSA) is 71.7 Å². The summed E-state index contributed by atoms with van der Waals surface area (Å²) in [7, 11) is 0. The second-order valence-corrected chi connectivity index (χ2v) is 5.14. The molecule has 116 valence electrons. The van der Waals surface area contributed by atoms with Crippen molar-refractivity contribution in [1.29, 1.82) is 0 Å². The van der Waals surface area contributed by atoms with Crippen LogP contribution in [0.25, 0.3) is 0 Å². The smallest absolute Gasteiger partial charge is 0.323 e. The maximum absolute atomic E-state index is 12.0. The molecule has 0 spiro atoms. The van der Waals surface area contributed by atoms with Gasteiger partial charge in [0.1, 0.15) is 11.9 Å². The second-order valence-electron chi connectivity index (χ2n) is 5.14. The van der Waals surface area contributed by atoms with Gasteiger partial charge in [0, 0.05) is 26.2 Å². The summed E-state index contributed by atoms with van der Waals surface area (Å²) in [6.07, 6.45) is 2.58. The molecule has 1 saturated heterocycles. The predicted octanol–water partition coefficient (Wildman–Crippen LogP) is 1.13. The highest BCUT2D eigenvalue weighted by molar-refractivity contribution is 5.75. The first kappa shape index (κ1) is 15.6. The Morgan fingerprint density at radius 2 is 2.05 bits per heavy atom. The van der Waals surface area contributed by atoms with Gasteiger partial charge in [-0.05, 0) is 25.5 Å². The minimum atomic E-state index is -0.128. The largest absolute Gasteiger partial charge is 0.465 e. The van der Waals surface area contributed by atoms with E-state index in [1.165, 1.54) is 0 Å². The molecular formula is C15H24N4O2. The zero-order valence-corrected chi connectivity index (χ0v) is 12.8. The Balaban J connectivity index is 1.92. The average molecular weight is 292 g/mol. The molecule has 0 radical (unpaired) electrons. The molecule has 1 aliphatic rings. The number of nitrogens with two attached hydrogens (primary N) is 1. The van der Waals surface area contributed by atoms with E-state index in [-0.39, 0.29) is 12.0 Å². The Labute approximate surface area is 125 Å². The van der Waals surface area contributed by atoms with Crippen molar-refractivity contribution in [3.63, 3.8) is 0 Å². The standard InChI is InChI=1S/C15H24N4O2/c1-3-13(15(20)21-4-2)19-9-7-18(8-10-19)12-5-6-14(16)17-11-12/h5-6,11,13H,3-4,7-10H2,1-2H3,(H2,16,17). The van der Waals surface area contributed by atoms with Crippen LogP contribution in [0.3, 0.4) is 0 Å². The van der Waals surface area contributed by atoms with Crippen LogP contribution in [-0.2, 0) is 9.53 Å². The van der Waals surface area contributed by atoms with E-state index in [2.05, 4.69) is 14.8 Å². The van der Waals surface area contributed by atoms with Crippen molar-refractivity contribution >= 4 is 17.5 Å². The molecule has 1 atom stereocenters. The fraction of sp³-hybridized carbons (Fsp3) is 0.600. The van der Waals surface area contributed by atoms with Crippen molar-refractivity contribution < 1.29 is 9.53 Å². The van der Waals surface area contributed by atoms with E-state index in [4.69, 9.17) is 10.5 Å². The number of aromatic nitrogens is 1.